The van der Waals surface area contributed by atoms with Gasteiger partial charge in [0.05, 0.1) is 12.0 Å². The molecule has 0 unspecified atom stereocenters. The number of carbonyl (C=O) groups excluding carboxylic acids is 1. The van der Waals surface area contributed by atoms with Crippen LogP contribution in [0.5, 0.6) is 11.5 Å². The normalized spacial score (nSPS) is 14.6. The highest BCUT2D eigenvalue weighted by Gasteiger charge is 2.22. The van der Waals surface area contributed by atoms with E-state index >= 15 is 0 Å². The molecule has 4 rings (SSSR count). The number of methoxy groups -OCH3 is 1. The molecular formula is C24H19NO3S2. The first-order valence-corrected chi connectivity index (χ1v) is 10.5. The van der Waals surface area contributed by atoms with Gasteiger partial charge in [-0.25, -0.2) is 0 Å². The maximum atomic E-state index is 12.2. The molecule has 0 bridgehead atoms. The van der Waals surface area contributed by atoms with Crippen molar-refractivity contribution in [2.24, 2.45) is 0 Å². The molecule has 0 saturated carbocycles. The van der Waals surface area contributed by atoms with Gasteiger partial charge in [0, 0.05) is 5.56 Å². The van der Waals surface area contributed by atoms with Crippen LogP contribution < -0.4 is 14.8 Å². The summed E-state index contributed by atoms with van der Waals surface area (Å²) in [4.78, 5) is 12.7. The fraction of sp³-hybridized carbons (Fsp3) is 0.0833. The number of rotatable bonds is 6. The first-order valence-electron chi connectivity index (χ1n) is 9.32. The summed E-state index contributed by atoms with van der Waals surface area (Å²) in [5.74, 6) is 1.32. The van der Waals surface area contributed by atoms with E-state index in [9.17, 15) is 4.79 Å². The van der Waals surface area contributed by atoms with Crippen LogP contribution in [0.25, 0.3) is 17.2 Å². The predicted molar refractivity (Wildman–Crippen MR) is 126 cm³/mol. The summed E-state index contributed by atoms with van der Waals surface area (Å²) in [6.07, 6.45) is 1.83. The van der Waals surface area contributed by atoms with Gasteiger partial charge in [-0.05, 0) is 47.0 Å². The lowest BCUT2D eigenvalue weighted by atomic mass is 10.0. The van der Waals surface area contributed by atoms with Crippen LogP contribution in [0.4, 0.5) is 0 Å². The molecular weight excluding hydrogens is 414 g/mol. The van der Waals surface area contributed by atoms with Crippen LogP contribution in [-0.2, 0) is 11.4 Å². The van der Waals surface area contributed by atoms with Gasteiger partial charge in [-0.3, -0.25) is 4.79 Å². The fourth-order valence-corrected chi connectivity index (χ4v) is 4.09. The monoisotopic (exact) mass is 433 g/mol. The van der Waals surface area contributed by atoms with E-state index in [0.29, 0.717) is 21.6 Å². The Labute approximate surface area is 184 Å². The molecule has 150 valence electrons. The smallest absolute Gasteiger partial charge is 0.263 e. The van der Waals surface area contributed by atoms with Crippen LogP contribution in [0, 0.1) is 0 Å². The molecule has 0 spiro atoms. The molecule has 1 amide bonds. The number of thioether (sulfide) groups is 1. The Kier molecular flexibility index (Phi) is 6.16. The number of nitrogens with one attached hydrogen (secondary N) is 1. The summed E-state index contributed by atoms with van der Waals surface area (Å²) in [6.45, 7) is 0.441. The molecule has 0 radical (unpaired) electrons. The zero-order valence-electron chi connectivity index (χ0n) is 16.3. The van der Waals surface area contributed by atoms with Gasteiger partial charge in [-0.1, -0.05) is 72.5 Å². The van der Waals surface area contributed by atoms with Crippen molar-refractivity contribution in [2.75, 3.05) is 7.11 Å². The third-order valence-electron chi connectivity index (χ3n) is 4.60. The number of carbonyl (C=O) groups is 1. The predicted octanol–water partition coefficient (Wildman–Crippen LogP) is 5.43. The molecule has 1 fully saturated rings. The van der Waals surface area contributed by atoms with Crippen molar-refractivity contribution in [1.82, 2.24) is 5.32 Å². The minimum absolute atomic E-state index is 0.186. The maximum Gasteiger partial charge on any atom is 0.263 e. The number of hydrogen-bond donors (Lipinski definition) is 1. The molecule has 3 aromatic carbocycles. The quantitative estimate of drug-likeness (QED) is 0.415. The number of thiocarbonyl (C=S) groups is 1. The van der Waals surface area contributed by atoms with E-state index in [1.165, 1.54) is 11.8 Å². The summed E-state index contributed by atoms with van der Waals surface area (Å²) in [5.41, 5.74) is 3.96. The average Bonchev–Trinajstić information content (AvgIpc) is 3.10. The molecule has 0 atom stereocenters. The van der Waals surface area contributed by atoms with E-state index in [4.69, 9.17) is 21.7 Å². The second kappa shape index (κ2) is 9.15. The van der Waals surface area contributed by atoms with Gasteiger partial charge in [0.2, 0.25) is 0 Å². The first-order chi connectivity index (χ1) is 14.6. The van der Waals surface area contributed by atoms with Gasteiger partial charge in [0.1, 0.15) is 22.4 Å². The minimum Gasteiger partial charge on any atom is -0.497 e. The molecule has 1 N–H and O–H groups in total. The highest BCUT2D eigenvalue weighted by molar-refractivity contribution is 8.26. The van der Waals surface area contributed by atoms with Gasteiger partial charge < -0.3 is 14.8 Å². The second-order valence-electron chi connectivity index (χ2n) is 6.61. The van der Waals surface area contributed by atoms with Gasteiger partial charge >= 0.3 is 0 Å². The number of hydrogen-bond acceptors (Lipinski definition) is 5. The Bertz CT molecular complexity index is 1110. The van der Waals surface area contributed by atoms with Crippen molar-refractivity contribution in [3.63, 3.8) is 0 Å². The molecule has 1 aliphatic heterocycles. The van der Waals surface area contributed by atoms with E-state index < -0.39 is 0 Å². The standard InChI is InChI=1S/C24H19NO3S2/c1-27-20-10-7-17(8-11-20)18-9-12-21(28-15-16-5-3-2-4-6-16)19(13-18)14-22-23(26)25-24(29)30-22/h2-14H,15H2,1H3,(H,25,26,29). The Balaban J connectivity index is 1.68. The molecule has 6 heteroatoms. The van der Waals surface area contributed by atoms with Crippen molar-refractivity contribution in [1.29, 1.82) is 0 Å². The molecule has 0 aliphatic carbocycles. The van der Waals surface area contributed by atoms with Gasteiger partial charge in [0.25, 0.3) is 5.91 Å². The summed E-state index contributed by atoms with van der Waals surface area (Å²) < 4.78 is 11.8. The van der Waals surface area contributed by atoms with Gasteiger partial charge in [-0.2, -0.15) is 0 Å². The van der Waals surface area contributed by atoms with Crippen LogP contribution in [0.15, 0.2) is 77.7 Å². The summed E-state index contributed by atoms with van der Waals surface area (Å²) in [6, 6.07) is 23.8. The zero-order chi connectivity index (χ0) is 20.9. The van der Waals surface area contributed by atoms with E-state index in [0.717, 1.165) is 28.0 Å². The first kappa shape index (κ1) is 20.2. The Hall–Kier alpha value is -3.09. The summed E-state index contributed by atoms with van der Waals surface area (Å²) in [5, 5.41) is 2.66. The summed E-state index contributed by atoms with van der Waals surface area (Å²) in [7, 11) is 1.65. The second-order valence-corrected chi connectivity index (χ2v) is 8.33. The molecule has 1 heterocycles. The van der Waals surface area contributed by atoms with E-state index in [1.54, 1.807) is 7.11 Å². The lowest BCUT2D eigenvalue weighted by Gasteiger charge is -2.12. The molecule has 30 heavy (non-hydrogen) atoms. The van der Waals surface area contributed by atoms with E-state index in [1.807, 2.05) is 78.9 Å². The van der Waals surface area contributed by atoms with Crippen molar-refractivity contribution in [2.45, 2.75) is 6.61 Å². The molecule has 4 nitrogen and oxygen atoms in total. The number of ether oxygens (including phenoxy) is 2. The van der Waals surface area contributed by atoms with Crippen LogP contribution in [-0.4, -0.2) is 17.3 Å². The van der Waals surface area contributed by atoms with Gasteiger partial charge in [-0.15, -0.1) is 0 Å². The van der Waals surface area contributed by atoms with E-state index in [-0.39, 0.29) is 5.91 Å². The highest BCUT2D eigenvalue weighted by atomic mass is 32.2. The SMILES string of the molecule is COc1ccc(-c2ccc(OCc3ccccc3)c(C=C3SC(=S)NC3=O)c2)cc1. The topological polar surface area (TPSA) is 47.6 Å². The van der Waals surface area contributed by atoms with Crippen molar-refractivity contribution in [3.8, 4) is 22.6 Å². The van der Waals surface area contributed by atoms with Crippen LogP contribution in [0.3, 0.4) is 0 Å². The molecule has 1 aliphatic rings. The van der Waals surface area contributed by atoms with Crippen molar-refractivity contribution < 1.29 is 14.3 Å². The molecule has 3 aromatic rings. The van der Waals surface area contributed by atoms with Crippen LogP contribution in [0.1, 0.15) is 11.1 Å². The third kappa shape index (κ3) is 4.72. The number of benzene rings is 3. The van der Waals surface area contributed by atoms with Crippen LogP contribution >= 0.6 is 24.0 Å². The van der Waals surface area contributed by atoms with Crippen LogP contribution in [0.2, 0.25) is 0 Å². The third-order valence-corrected chi connectivity index (χ3v) is 5.76. The number of amides is 1. The van der Waals surface area contributed by atoms with Gasteiger partial charge in [0.15, 0.2) is 0 Å². The average molecular weight is 434 g/mol. The van der Waals surface area contributed by atoms with Crippen molar-refractivity contribution >= 4 is 40.3 Å². The Morgan fingerprint density at radius 3 is 2.40 bits per heavy atom. The maximum absolute atomic E-state index is 12.2. The highest BCUT2D eigenvalue weighted by Crippen LogP contribution is 2.33. The Morgan fingerprint density at radius 1 is 1.00 bits per heavy atom. The van der Waals surface area contributed by atoms with Crippen molar-refractivity contribution in [3.05, 3.63) is 88.8 Å². The van der Waals surface area contributed by atoms with E-state index in [2.05, 4.69) is 5.32 Å². The lowest BCUT2D eigenvalue weighted by molar-refractivity contribution is -0.115. The Morgan fingerprint density at radius 2 is 1.73 bits per heavy atom. The fourth-order valence-electron chi connectivity index (χ4n) is 3.05. The largest absolute Gasteiger partial charge is 0.497 e. The zero-order valence-corrected chi connectivity index (χ0v) is 17.9. The molecule has 0 aromatic heterocycles. The molecule has 1 saturated heterocycles. The lowest BCUT2D eigenvalue weighted by Crippen LogP contribution is -2.17. The summed E-state index contributed by atoms with van der Waals surface area (Å²) >= 11 is 6.37. The minimum atomic E-state index is -0.186.